The Morgan fingerprint density at radius 2 is 1.80 bits per heavy atom. The highest BCUT2D eigenvalue weighted by Crippen LogP contribution is 2.27. The minimum atomic E-state index is -0.325. The lowest BCUT2D eigenvalue weighted by Gasteiger charge is -2.03. The van der Waals surface area contributed by atoms with Gasteiger partial charge >= 0.3 is 0 Å². The van der Waals surface area contributed by atoms with E-state index in [-0.39, 0.29) is 11.6 Å². The Bertz CT molecular complexity index is 1030. The average molecular weight is 355 g/mol. The molecule has 0 saturated heterocycles. The molecular formula is C17H11F2N5S. The Balaban J connectivity index is 1.66. The summed E-state index contributed by atoms with van der Waals surface area (Å²) in [5.74, 6) is -0.0462. The van der Waals surface area contributed by atoms with Crippen molar-refractivity contribution in [1.29, 1.82) is 0 Å². The molecule has 124 valence electrons. The highest BCUT2D eigenvalue weighted by molar-refractivity contribution is 7.98. The molecule has 0 N–H and O–H groups in total. The molecule has 0 fully saturated rings. The predicted molar refractivity (Wildman–Crippen MR) is 90.4 cm³/mol. The summed E-state index contributed by atoms with van der Waals surface area (Å²) in [5.41, 5.74) is 2.59. The van der Waals surface area contributed by atoms with Crippen LogP contribution in [-0.2, 0) is 5.75 Å². The van der Waals surface area contributed by atoms with Crippen LogP contribution in [0.5, 0.6) is 0 Å². The zero-order chi connectivity index (χ0) is 17.2. The van der Waals surface area contributed by atoms with E-state index in [4.69, 9.17) is 0 Å². The van der Waals surface area contributed by atoms with E-state index in [1.807, 2.05) is 6.07 Å². The lowest BCUT2D eigenvalue weighted by molar-refractivity contribution is 0.626. The Hall–Kier alpha value is -2.87. The SMILES string of the molecule is Fc1ccc(-n2nnc3c(SCc4cccc(F)c4)ncnc32)cc1. The number of nitrogens with zero attached hydrogens (tertiary/aromatic N) is 5. The third kappa shape index (κ3) is 3.20. The maximum atomic E-state index is 13.3. The van der Waals surface area contributed by atoms with Gasteiger partial charge in [0.25, 0.3) is 0 Å². The number of benzene rings is 2. The van der Waals surface area contributed by atoms with Gasteiger partial charge in [0.2, 0.25) is 0 Å². The fourth-order valence-corrected chi connectivity index (χ4v) is 3.24. The largest absolute Gasteiger partial charge is 0.227 e. The van der Waals surface area contributed by atoms with Gasteiger partial charge in [-0.3, -0.25) is 0 Å². The summed E-state index contributed by atoms with van der Waals surface area (Å²) in [6.07, 6.45) is 1.43. The molecule has 5 nitrogen and oxygen atoms in total. The van der Waals surface area contributed by atoms with Crippen LogP contribution in [0.3, 0.4) is 0 Å². The third-order valence-corrected chi connectivity index (χ3v) is 4.59. The summed E-state index contributed by atoms with van der Waals surface area (Å²) in [5, 5.41) is 8.90. The van der Waals surface area contributed by atoms with Gasteiger partial charge in [0.1, 0.15) is 23.0 Å². The van der Waals surface area contributed by atoms with Crippen LogP contribution < -0.4 is 0 Å². The highest BCUT2D eigenvalue weighted by Gasteiger charge is 2.13. The molecule has 25 heavy (non-hydrogen) atoms. The van der Waals surface area contributed by atoms with Crippen LogP contribution in [0.2, 0.25) is 0 Å². The minimum Gasteiger partial charge on any atom is -0.227 e. The van der Waals surface area contributed by atoms with E-state index in [9.17, 15) is 8.78 Å². The summed E-state index contributed by atoms with van der Waals surface area (Å²) >= 11 is 1.43. The zero-order valence-corrected chi connectivity index (χ0v) is 13.6. The van der Waals surface area contributed by atoms with Crippen molar-refractivity contribution < 1.29 is 8.78 Å². The summed E-state index contributed by atoms with van der Waals surface area (Å²) in [7, 11) is 0. The zero-order valence-electron chi connectivity index (χ0n) is 12.8. The normalized spacial score (nSPS) is 11.1. The van der Waals surface area contributed by atoms with Crippen molar-refractivity contribution in [2.75, 3.05) is 0 Å². The topological polar surface area (TPSA) is 56.5 Å². The molecule has 4 rings (SSSR count). The molecule has 2 aromatic heterocycles. The average Bonchev–Trinajstić information content (AvgIpc) is 3.05. The lowest BCUT2D eigenvalue weighted by Crippen LogP contribution is -1.98. The Kier molecular flexibility index (Phi) is 4.10. The van der Waals surface area contributed by atoms with Gasteiger partial charge in [-0.2, -0.15) is 4.68 Å². The van der Waals surface area contributed by atoms with Crippen molar-refractivity contribution in [2.45, 2.75) is 10.8 Å². The van der Waals surface area contributed by atoms with Gasteiger partial charge in [0, 0.05) is 5.75 Å². The summed E-state index contributed by atoms with van der Waals surface area (Å²) < 4.78 is 27.9. The monoisotopic (exact) mass is 355 g/mol. The van der Waals surface area contributed by atoms with Gasteiger partial charge < -0.3 is 0 Å². The van der Waals surface area contributed by atoms with E-state index in [0.717, 1.165) is 5.56 Å². The van der Waals surface area contributed by atoms with Crippen molar-refractivity contribution in [3.05, 3.63) is 72.1 Å². The number of halogens is 2. The van der Waals surface area contributed by atoms with Gasteiger partial charge in [0.05, 0.1) is 5.69 Å². The molecule has 0 bridgehead atoms. The second-order valence-corrected chi connectivity index (χ2v) is 6.21. The summed E-state index contributed by atoms with van der Waals surface area (Å²) in [4.78, 5) is 8.48. The number of aromatic nitrogens is 5. The first kappa shape index (κ1) is 15.6. The van der Waals surface area contributed by atoms with Crippen LogP contribution >= 0.6 is 11.8 Å². The fourth-order valence-electron chi connectivity index (χ4n) is 2.37. The van der Waals surface area contributed by atoms with Crippen LogP contribution in [-0.4, -0.2) is 25.0 Å². The van der Waals surface area contributed by atoms with Crippen LogP contribution in [0.1, 0.15) is 5.56 Å². The van der Waals surface area contributed by atoms with E-state index in [1.54, 1.807) is 18.2 Å². The molecule has 0 radical (unpaired) electrons. The molecule has 0 saturated carbocycles. The second kappa shape index (κ2) is 6.56. The first-order valence-corrected chi connectivity index (χ1v) is 8.39. The number of hydrogen-bond donors (Lipinski definition) is 0. The molecule has 0 unspecified atom stereocenters. The Labute approximate surface area is 145 Å². The van der Waals surface area contributed by atoms with Gasteiger partial charge in [-0.15, -0.1) is 5.10 Å². The van der Waals surface area contributed by atoms with Gasteiger partial charge in [-0.25, -0.2) is 18.7 Å². The molecule has 0 aliphatic heterocycles. The van der Waals surface area contributed by atoms with Crippen LogP contribution in [0.15, 0.2) is 59.9 Å². The molecule has 0 aliphatic rings. The number of rotatable bonds is 4. The fraction of sp³-hybridized carbons (Fsp3) is 0.0588. The molecular weight excluding hydrogens is 344 g/mol. The quantitative estimate of drug-likeness (QED) is 0.412. The summed E-state index contributed by atoms with van der Waals surface area (Å²) in [6, 6.07) is 12.3. The molecule has 0 amide bonds. The van der Waals surface area contributed by atoms with Gasteiger partial charge in [-0.05, 0) is 42.0 Å². The van der Waals surface area contributed by atoms with Crippen LogP contribution in [0.4, 0.5) is 8.78 Å². The molecule has 0 atom stereocenters. The number of hydrogen-bond acceptors (Lipinski definition) is 5. The first-order valence-electron chi connectivity index (χ1n) is 7.40. The van der Waals surface area contributed by atoms with E-state index in [0.29, 0.717) is 27.6 Å². The van der Waals surface area contributed by atoms with Crippen molar-refractivity contribution in [2.24, 2.45) is 0 Å². The molecule has 4 aromatic rings. The first-order chi connectivity index (χ1) is 12.2. The smallest absolute Gasteiger partial charge is 0.187 e. The van der Waals surface area contributed by atoms with Gasteiger partial charge in [0.15, 0.2) is 11.2 Å². The lowest BCUT2D eigenvalue weighted by atomic mass is 10.2. The number of fused-ring (bicyclic) bond motifs is 1. The summed E-state index contributed by atoms with van der Waals surface area (Å²) in [6.45, 7) is 0. The predicted octanol–water partition coefficient (Wildman–Crippen LogP) is 3.78. The minimum absolute atomic E-state index is 0.270. The Morgan fingerprint density at radius 1 is 0.960 bits per heavy atom. The van der Waals surface area contributed by atoms with Crippen molar-refractivity contribution >= 4 is 22.9 Å². The highest BCUT2D eigenvalue weighted by atomic mass is 32.2. The molecule has 2 heterocycles. The van der Waals surface area contributed by atoms with E-state index in [2.05, 4.69) is 20.3 Å². The molecule has 8 heteroatoms. The molecule has 0 aliphatic carbocycles. The van der Waals surface area contributed by atoms with Gasteiger partial charge in [-0.1, -0.05) is 29.1 Å². The Morgan fingerprint density at radius 3 is 2.60 bits per heavy atom. The van der Waals surface area contributed by atoms with E-state index < -0.39 is 0 Å². The van der Waals surface area contributed by atoms with Crippen LogP contribution in [0.25, 0.3) is 16.9 Å². The van der Waals surface area contributed by atoms with Crippen molar-refractivity contribution in [1.82, 2.24) is 25.0 Å². The van der Waals surface area contributed by atoms with E-state index in [1.165, 1.54) is 47.0 Å². The van der Waals surface area contributed by atoms with Crippen molar-refractivity contribution in [3.8, 4) is 5.69 Å². The second-order valence-electron chi connectivity index (χ2n) is 5.25. The third-order valence-electron chi connectivity index (χ3n) is 3.54. The maximum Gasteiger partial charge on any atom is 0.187 e. The van der Waals surface area contributed by atoms with E-state index >= 15 is 0 Å². The maximum absolute atomic E-state index is 13.3. The standard InChI is InChI=1S/C17H11F2N5S/c18-12-4-6-14(7-5-12)24-16-15(22-23-24)17(21-10-20-16)25-9-11-2-1-3-13(19)8-11/h1-8,10H,9H2. The number of thioether (sulfide) groups is 1. The molecule has 2 aromatic carbocycles. The van der Waals surface area contributed by atoms with Crippen molar-refractivity contribution in [3.63, 3.8) is 0 Å². The molecule has 0 spiro atoms. The van der Waals surface area contributed by atoms with Crippen LogP contribution in [0, 0.1) is 11.6 Å².